The average Bonchev–Trinajstić information content (AvgIpc) is 3.43. The Morgan fingerprint density at radius 2 is 1.17 bits per heavy atom. The minimum atomic E-state index is 0.0712. The minimum absolute atomic E-state index is 0.0712. The number of nitrogens with zero attached hydrogens (tertiary/aromatic N) is 1. The van der Waals surface area contributed by atoms with Gasteiger partial charge in [0.15, 0.2) is 0 Å². The van der Waals surface area contributed by atoms with Crippen molar-refractivity contribution in [3.63, 3.8) is 0 Å². The molecular weight excluding hydrogens is 581 g/mol. The van der Waals surface area contributed by atoms with Crippen molar-refractivity contribution < 1.29 is 9.47 Å². The highest BCUT2D eigenvalue weighted by atomic mass is 32.1. The molecule has 0 radical (unpaired) electrons. The molecule has 2 aliphatic rings. The molecule has 3 heterocycles. The first-order valence-electron chi connectivity index (χ1n) is 15.6. The number of benzene rings is 7. The maximum absolute atomic E-state index is 6.61. The van der Waals surface area contributed by atoms with Crippen LogP contribution in [0.25, 0.3) is 30.9 Å². The van der Waals surface area contributed by atoms with Crippen LogP contribution in [0.2, 0.25) is 0 Å². The zero-order valence-corrected chi connectivity index (χ0v) is 25.8. The smallest absolute Gasteiger partial charge is 0.260 e. The van der Waals surface area contributed by atoms with Gasteiger partial charge in [-0.05, 0) is 107 Å². The molecule has 7 aromatic carbocycles. The van der Waals surface area contributed by atoms with Crippen molar-refractivity contribution in [2.75, 3.05) is 4.90 Å². The zero-order chi connectivity index (χ0) is 30.4. The number of aryl methyl sites for hydroxylation is 1. The molecule has 0 aliphatic carbocycles. The molecule has 0 fully saturated rings. The van der Waals surface area contributed by atoms with E-state index >= 15 is 0 Å². The number of para-hydroxylation sites is 2. The fourth-order valence-corrected chi connectivity index (χ4v) is 8.40. The maximum Gasteiger partial charge on any atom is 0.260 e. The molecule has 0 atom stereocenters. The summed E-state index contributed by atoms with van der Waals surface area (Å²) in [4.78, 5) is 2.33. The molecule has 5 heteroatoms. The zero-order valence-electron chi connectivity index (χ0n) is 25.0. The number of fused-ring (bicyclic) bond motifs is 8. The van der Waals surface area contributed by atoms with Gasteiger partial charge in [-0.2, -0.15) is 0 Å². The number of thiophene rings is 1. The summed E-state index contributed by atoms with van der Waals surface area (Å²) in [5.74, 6) is 3.59. The Labute approximate surface area is 271 Å². The lowest BCUT2D eigenvalue weighted by atomic mass is 9.35. The molecule has 0 saturated heterocycles. The summed E-state index contributed by atoms with van der Waals surface area (Å²) >= 11 is 1.85. The summed E-state index contributed by atoms with van der Waals surface area (Å²) in [7, 11) is 0. The SMILES string of the molecule is Cc1ccc(N(c2ccccc2)c2ccc3cc4c(cc3c2)sc2cc3c(cc24)Oc2cccc4c2B3c2ccccc2O4)cc1. The molecule has 216 valence electrons. The molecule has 0 unspecified atom stereocenters. The Morgan fingerprint density at radius 1 is 0.500 bits per heavy atom. The van der Waals surface area contributed by atoms with Crippen molar-refractivity contribution in [1.29, 1.82) is 0 Å². The van der Waals surface area contributed by atoms with Crippen LogP contribution in [0.4, 0.5) is 17.1 Å². The van der Waals surface area contributed by atoms with Gasteiger partial charge in [-0.15, -0.1) is 11.3 Å². The molecule has 0 bridgehead atoms. The first-order chi connectivity index (χ1) is 22.7. The Kier molecular flexibility index (Phi) is 5.46. The third-order valence-corrected chi connectivity index (χ3v) is 10.5. The van der Waals surface area contributed by atoms with Crippen molar-refractivity contribution in [3.05, 3.63) is 145 Å². The third-order valence-electron chi connectivity index (χ3n) is 9.40. The normalized spacial score (nSPS) is 12.8. The summed E-state index contributed by atoms with van der Waals surface area (Å²) in [5, 5.41) is 4.94. The number of ether oxygens (including phenoxy) is 2. The van der Waals surface area contributed by atoms with E-state index in [0.29, 0.717) is 0 Å². The van der Waals surface area contributed by atoms with Crippen LogP contribution in [0.5, 0.6) is 23.0 Å². The number of rotatable bonds is 3. The Hall–Kier alpha value is -5.52. The molecule has 8 aromatic rings. The lowest BCUT2D eigenvalue weighted by molar-refractivity contribution is 0.465. The predicted octanol–water partition coefficient (Wildman–Crippen LogP) is 9.71. The fourth-order valence-electron chi connectivity index (χ4n) is 7.23. The van der Waals surface area contributed by atoms with Gasteiger partial charge in [-0.25, -0.2) is 0 Å². The van der Waals surface area contributed by atoms with E-state index in [1.165, 1.54) is 47.4 Å². The van der Waals surface area contributed by atoms with E-state index in [1.54, 1.807) is 0 Å². The Morgan fingerprint density at radius 3 is 2.02 bits per heavy atom. The lowest BCUT2D eigenvalue weighted by Crippen LogP contribution is -2.57. The standard InChI is InChI=1S/C41H26BNO2S/c1-25-14-17-29(18-15-25)43(28-8-3-2-4-9-28)30-19-16-26-21-31-32-23-38-34(24-40(32)46-39(31)22-27(26)20-30)42-33-10-5-6-11-35(33)44-36-12-7-13-37(45-38)41(36)42/h2-24H,1H3. The Bertz CT molecular complexity index is 2500. The number of anilines is 3. The Balaban J connectivity index is 1.13. The second-order valence-corrected chi connectivity index (χ2v) is 13.3. The largest absolute Gasteiger partial charge is 0.458 e. The second kappa shape index (κ2) is 9.74. The van der Waals surface area contributed by atoms with Gasteiger partial charge in [0, 0.05) is 42.7 Å². The van der Waals surface area contributed by atoms with Crippen LogP contribution in [0.1, 0.15) is 5.56 Å². The van der Waals surface area contributed by atoms with Crippen molar-refractivity contribution in [2.45, 2.75) is 6.92 Å². The molecule has 46 heavy (non-hydrogen) atoms. The van der Waals surface area contributed by atoms with Gasteiger partial charge in [-0.1, -0.05) is 66.2 Å². The van der Waals surface area contributed by atoms with Crippen molar-refractivity contribution in [2.24, 2.45) is 0 Å². The number of hydrogen-bond acceptors (Lipinski definition) is 4. The van der Waals surface area contributed by atoms with E-state index in [0.717, 1.165) is 45.5 Å². The molecule has 0 saturated carbocycles. The van der Waals surface area contributed by atoms with Gasteiger partial charge in [0.2, 0.25) is 0 Å². The van der Waals surface area contributed by atoms with Gasteiger partial charge in [-0.3, -0.25) is 0 Å². The topological polar surface area (TPSA) is 21.7 Å². The molecular formula is C41H26BNO2S. The van der Waals surface area contributed by atoms with Gasteiger partial charge in [0.1, 0.15) is 23.0 Å². The minimum Gasteiger partial charge on any atom is -0.458 e. The first kappa shape index (κ1) is 25.8. The van der Waals surface area contributed by atoms with Crippen molar-refractivity contribution in [1.82, 2.24) is 0 Å². The van der Waals surface area contributed by atoms with E-state index in [-0.39, 0.29) is 6.71 Å². The summed E-state index contributed by atoms with van der Waals surface area (Å²) in [6.45, 7) is 2.20. The van der Waals surface area contributed by atoms with Crippen LogP contribution in [0.15, 0.2) is 140 Å². The van der Waals surface area contributed by atoms with E-state index < -0.39 is 0 Å². The molecule has 0 N–H and O–H groups in total. The monoisotopic (exact) mass is 607 g/mol. The maximum atomic E-state index is 6.61. The highest BCUT2D eigenvalue weighted by Gasteiger charge is 2.40. The van der Waals surface area contributed by atoms with E-state index in [1.807, 2.05) is 29.5 Å². The van der Waals surface area contributed by atoms with Crippen molar-refractivity contribution >= 4 is 82.4 Å². The predicted molar refractivity (Wildman–Crippen MR) is 194 cm³/mol. The number of hydrogen-bond donors (Lipinski definition) is 0. The van der Waals surface area contributed by atoms with Gasteiger partial charge in [0.05, 0.1) is 0 Å². The van der Waals surface area contributed by atoms with Crippen LogP contribution in [0, 0.1) is 6.92 Å². The third kappa shape index (κ3) is 3.85. The first-order valence-corrected chi connectivity index (χ1v) is 16.4. The molecule has 1 aromatic heterocycles. The fraction of sp³-hybridized carbons (Fsp3) is 0.0244. The van der Waals surface area contributed by atoms with Crippen LogP contribution in [-0.2, 0) is 0 Å². The quantitative estimate of drug-likeness (QED) is 0.187. The summed E-state index contributed by atoms with van der Waals surface area (Å²) < 4.78 is 15.5. The van der Waals surface area contributed by atoms with Gasteiger partial charge < -0.3 is 14.4 Å². The van der Waals surface area contributed by atoms with Gasteiger partial charge >= 0.3 is 0 Å². The molecule has 10 rings (SSSR count). The van der Waals surface area contributed by atoms with Crippen LogP contribution >= 0.6 is 11.3 Å². The van der Waals surface area contributed by atoms with E-state index in [9.17, 15) is 0 Å². The van der Waals surface area contributed by atoms with Crippen LogP contribution < -0.4 is 30.8 Å². The molecule has 2 aliphatic heterocycles. The average molecular weight is 608 g/mol. The molecule has 0 spiro atoms. The van der Waals surface area contributed by atoms with Crippen molar-refractivity contribution in [3.8, 4) is 23.0 Å². The summed E-state index contributed by atoms with van der Waals surface area (Å²) in [5.41, 5.74) is 8.16. The van der Waals surface area contributed by atoms with E-state index in [4.69, 9.17) is 9.47 Å². The molecule has 3 nitrogen and oxygen atoms in total. The summed E-state index contributed by atoms with van der Waals surface area (Å²) in [6.07, 6.45) is 0. The summed E-state index contributed by atoms with van der Waals surface area (Å²) in [6, 6.07) is 50.0. The highest BCUT2D eigenvalue weighted by molar-refractivity contribution is 7.26. The second-order valence-electron chi connectivity index (χ2n) is 12.2. The van der Waals surface area contributed by atoms with Crippen LogP contribution in [-0.4, -0.2) is 6.71 Å². The van der Waals surface area contributed by atoms with E-state index in [2.05, 4.69) is 133 Å². The molecule has 0 amide bonds. The van der Waals surface area contributed by atoms with Gasteiger partial charge in [0.25, 0.3) is 6.71 Å². The highest BCUT2D eigenvalue weighted by Crippen LogP contribution is 2.42. The van der Waals surface area contributed by atoms with Crippen LogP contribution in [0.3, 0.4) is 0 Å². The lowest BCUT2D eigenvalue weighted by Gasteiger charge is -2.32.